The molecule has 1 atom stereocenters. The van der Waals surface area contributed by atoms with Gasteiger partial charge in [0.1, 0.15) is 0 Å². The van der Waals surface area contributed by atoms with Crippen LogP contribution < -0.4 is 16.0 Å². The van der Waals surface area contributed by atoms with Crippen LogP contribution in [0.15, 0.2) is 12.1 Å². The lowest BCUT2D eigenvalue weighted by molar-refractivity contribution is 0.0957. The lowest BCUT2D eigenvalue weighted by Crippen LogP contribution is -2.40. The molecule has 0 bridgehead atoms. The zero-order valence-electron chi connectivity index (χ0n) is 11.5. The van der Waals surface area contributed by atoms with Crippen LogP contribution in [0.25, 0.3) is 0 Å². The third-order valence-corrected chi connectivity index (χ3v) is 3.72. The molecule has 104 valence electrons. The van der Waals surface area contributed by atoms with E-state index in [1.807, 2.05) is 6.07 Å². The average Bonchev–Trinajstić information content (AvgIpc) is 2.46. The van der Waals surface area contributed by atoms with Crippen molar-refractivity contribution in [1.29, 1.82) is 0 Å². The fourth-order valence-corrected chi connectivity index (χ4v) is 2.40. The van der Waals surface area contributed by atoms with E-state index < -0.39 is 0 Å². The van der Waals surface area contributed by atoms with Crippen LogP contribution in [0.3, 0.4) is 0 Å². The maximum atomic E-state index is 11.4. The highest BCUT2D eigenvalue weighted by atomic mass is 16.1. The minimum Gasteiger partial charge on any atom is -0.355 e. The van der Waals surface area contributed by atoms with Gasteiger partial charge >= 0.3 is 0 Å². The molecule has 1 aromatic heterocycles. The van der Waals surface area contributed by atoms with Crippen molar-refractivity contribution in [3.05, 3.63) is 17.8 Å². The van der Waals surface area contributed by atoms with Crippen LogP contribution in [0, 0.1) is 5.92 Å². The monoisotopic (exact) mass is 263 g/mol. The molecule has 1 aromatic rings. The van der Waals surface area contributed by atoms with Crippen molar-refractivity contribution >= 4 is 11.7 Å². The first-order valence-electron chi connectivity index (χ1n) is 6.68. The molecule has 0 aromatic carbocycles. The van der Waals surface area contributed by atoms with Gasteiger partial charge in [-0.05, 0) is 37.8 Å². The molecular formula is C13H21N5O. The molecular weight excluding hydrogens is 242 g/mol. The van der Waals surface area contributed by atoms with Gasteiger partial charge < -0.3 is 16.0 Å². The Balaban J connectivity index is 1.98. The topological polar surface area (TPSA) is 84.1 Å². The van der Waals surface area contributed by atoms with Crippen LogP contribution in [0.4, 0.5) is 5.82 Å². The third-order valence-electron chi connectivity index (χ3n) is 3.72. The summed E-state index contributed by atoms with van der Waals surface area (Å²) in [6.07, 6.45) is 2.16. The Morgan fingerprint density at radius 2 is 2.11 bits per heavy atom. The molecule has 19 heavy (non-hydrogen) atoms. The van der Waals surface area contributed by atoms with Gasteiger partial charge in [0.25, 0.3) is 5.91 Å². The van der Waals surface area contributed by atoms with E-state index in [4.69, 9.17) is 5.73 Å². The first-order chi connectivity index (χ1) is 9.11. The van der Waals surface area contributed by atoms with E-state index in [2.05, 4.69) is 27.3 Å². The van der Waals surface area contributed by atoms with Gasteiger partial charge in [0, 0.05) is 26.2 Å². The number of piperidine rings is 1. The van der Waals surface area contributed by atoms with Gasteiger partial charge in [0.15, 0.2) is 11.5 Å². The molecule has 0 saturated carbocycles. The molecule has 2 heterocycles. The van der Waals surface area contributed by atoms with Crippen LogP contribution in [0.5, 0.6) is 0 Å². The second kappa shape index (κ2) is 5.97. The molecule has 2 rings (SSSR count). The molecule has 6 nitrogen and oxygen atoms in total. The zero-order valence-corrected chi connectivity index (χ0v) is 11.5. The summed E-state index contributed by atoms with van der Waals surface area (Å²) >= 11 is 0. The van der Waals surface area contributed by atoms with Crippen molar-refractivity contribution in [1.82, 2.24) is 15.5 Å². The van der Waals surface area contributed by atoms with Crippen molar-refractivity contribution in [2.24, 2.45) is 11.7 Å². The second-order valence-electron chi connectivity index (χ2n) is 5.04. The number of nitrogens with zero attached hydrogens (tertiary/aromatic N) is 3. The Kier molecular flexibility index (Phi) is 4.31. The highest BCUT2D eigenvalue weighted by Gasteiger charge is 2.22. The fourth-order valence-electron chi connectivity index (χ4n) is 2.40. The Morgan fingerprint density at radius 3 is 2.58 bits per heavy atom. The lowest BCUT2D eigenvalue weighted by Gasteiger charge is -2.34. The predicted molar refractivity (Wildman–Crippen MR) is 74.0 cm³/mol. The molecule has 0 aliphatic carbocycles. The predicted octanol–water partition coefficient (Wildman–Crippen LogP) is 0.400. The van der Waals surface area contributed by atoms with E-state index in [-0.39, 0.29) is 11.9 Å². The highest BCUT2D eigenvalue weighted by molar-refractivity contribution is 5.91. The van der Waals surface area contributed by atoms with Gasteiger partial charge in [0.2, 0.25) is 0 Å². The molecule has 0 spiro atoms. The van der Waals surface area contributed by atoms with E-state index in [0.717, 1.165) is 31.7 Å². The van der Waals surface area contributed by atoms with E-state index >= 15 is 0 Å². The summed E-state index contributed by atoms with van der Waals surface area (Å²) in [5.41, 5.74) is 6.27. The van der Waals surface area contributed by atoms with Crippen LogP contribution in [0.1, 0.15) is 30.3 Å². The van der Waals surface area contributed by atoms with E-state index in [9.17, 15) is 4.79 Å². The van der Waals surface area contributed by atoms with Crippen LogP contribution in [0.2, 0.25) is 0 Å². The number of aromatic nitrogens is 2. The number of hydrogen-bond acceptors (Lipinski definition) is 5. The summed E-state index contributed by atoms with van der Waals surface area (Å²) in [7, 11) is 1.58. The number of anilines is 1. The quantitative estimate of drug-likeness (QED) is 0.824. The molecule has 1 aliphatic rings. The Hall–Kier alpha value is -1.69. The fraction of sp³-hybridized carbons (Fsp3) is 0.615. The number of nitrogens with two attached hydrogens (primary N) is 1. The third kappa shape index (κ3) is 3.20. The van der Waals surface area contributed by atoms with E-state index in [1.165, 1.54) is 0 Å². The van der Waals surface area contributed by atoms with Crippen molar-refractivity contribution in [2.45, 2.75) is 25.8 Å². The first kappa shape index (κ1) is 13.7. The molecule has 1 aliphatic heterocycles. The minimum atomic E-state index is -0.213. The van der Waals surface area contributed by atoms with Gasteiger partial charge in [0.05, 0.1) is 0 Å². The summed E-state index contributed by atoms with van der Waals surface area (Å²) in [5, 5.41) is 10.6. The Labute approximate surface area is 113 Å². The molecule has 6 heteroatoms. The normalized spacial score (nSPS) is 18.2. The maximum absolute atomic E-state index is 11.4. The first-order valence-corrected chi connectivity index (χ1v) is 6.68. The number of hydrogen-bond donors (Lipinski definition) is 2. The van der Waals surface area contributed by atoms with E-state index in [0.29, 0.717) is 11.6 Å². The van der Waals surface area contributed by atoms with Crippen LogP contribution in [-0.4, -0.2) is 42.3 Å². The minimum absolute atomic E-state index is 0.213. The Morgan fingerprint density at radius 1 is 1.42 bits per heavy atom. The molecule has 1 fully saturated rings. The SMILES string of the molecule is CNC(=O)c1ccc(N2CCC(C(C)N)CC2)nn1. The molecule has 0 radical (unpaired) electrons. The Bertz CT molecular complexity index is 423. The maximum Gasteiger partial charge on any atom is 0.271 e. The number of nitrogens with one attached hydrogen (secondary N) is 1. The molecule has 1 amide bonds. The average molecular weight is 263 g/mol. The summed E-state index contributed by atoms with van der Waals surface area (Å²) in [4.78, 5) is 13.6. The van der Waals surface area contributed by atoms with E-state index in [1.54, 1.807) is 13.1 Å². The second-order valence-corrected chi connectivity index (χ2v) is 5.04. The number of carbonyl (C=O) groups is 1. The van der Waals surface area contributed by atoms with Gasteiger partial charge in [-0.2, -0.15) is 0 Å². The zero-order chi connectivity index (χ0) is 13.8. The standard InChI is InChI=1S/C13H21N5O/c1-9(14)10-5-7-18(8-6-10)12-4-3-11(16-17-12)13(19)15-2/h3-4,9-10H,5-8,14H2,1-2H3,(H,15,19). The number of carbonyl (C=O) groups excluding carboxylic acids is 1. The molecule has 1 saturated heterocycles. The lowest BCUT2D eigenvalue weighted by atomic mass is 9.91. The van der Waals surface area contributed by atoms with Gasteiger partial charge in [-0.25, -0.2) is 0 Å². The van der Waals surface area contributed by atoms with Gasteiger partial charge in [-0.3, -0.25) is 4.79 Å². The van der Waals surface area contributed by atoms with Crippen LogP contribution >= 0.6 is 0 Å². The highest BCUT2D eigenvalue weighted by Crippen LogP contribution is 2.22. The number of rotatable bonds is 3. The largest absolute Gasteiger partial charge is 0.355 e. The van der Waals surface area contributed by atoms with Crippen LogP contribution in [-0.2, 0) is 0 Å². The summed E-state index contributed by atoms with van der Waals surface area (Å²) in [6.45, 7) is 3.96. The van der Waals surface area contributed by atoms with Crippen molar-refractivity contribution in [2.75, 3.05) is 25.0 Å². The van der Waals surface area contributed by atoms with Crippen molar-refractivity contribution in [3.63, 3.8) is 0 Å². The van der Waals surface area contributed by atoms with Gasteiger partial charge in [-0.15, -0.1) is 10.2 Å². The number of amides is 1. The summed E-state index contributed by atoms with van der Waals surface area (Å²) in [5.74, 6) is 1.21. The molecule has 1 unspecified atom stereocenters. The van der Waals surface area contributed by atoms with Crippen molar-refractivity contribution in [3.8, 4) is 0 Å². The summed E-state index contributed by atoms with van der Waals surface area (Å²) in [6, 6.07) is 3.81. The smallest absolute Gasteiger partial charge is 0.271 e. The van der Waals surface area contributed by atoms with Crippen molar-refractivity contribution < 1.29 is 4.79 Å². The summed E-state index contributed by atoms with van der Waals surface area (Å²) < 4.78 is 0. The molecule has 3 N–H and O–H groups in total. The van der Waals surface area contributed by atoms with Gasteiger partial charge in [-0.1, -0.05) is 0 Å².